The van der Waals surface area contributed by atoms with E-state index >= 15 is 0 Å². The lowest BCUT2D eigenvalue weighted by Crippen LogP contribution is -2.14. The lowest BCUT2D eigenvalue weighted by Gasteiger charge is -2.14. The fraction of sp³-hybridized carbons (Fsp3) is 0.615. The van der Waals surface area contributed by atoms with Gasteiger partial charge in [0.2, 0.25) is 0 Å². The minimum Gasteiger partial charge on any atom is -0.373 e. The molecule has 0 spiro atoms. The van der Waals surface area contributed by atoms with E-state index < -0.39 is 11.7 Å². The molecule has 0 bridgehead atoms. The Morgan fingerprint density at radius 3 is 2.42 bits per heavy atom. The molecular weight excluding hydrogens is 255 g/mol. The Balaban J connectivity index is 2.10. The van der Waals surface area contributed by atoms with Crippen LogP contribution in [0, 0.1) is 5.92 Å². The van der Waals surface area contributed by atoms with Crippen molar-refractivity contribution in [1.29, 1.82) is 0 Å². The number of nitrogens with one attached hydrogen (secondary N) is 2. The summed E-state index contributed by atoms with van der Waals surface area (Å²) in [5.41, 5.74) is -0.680. The second kappa shape index (κ2) is 5.67. The summed E-state index contributed by atoms with van der Waals surface area (Å²) in [5, 5.41) is 5.68. The molecule has 6 heteroatoms. The maximum Gasteiger partial charge on any atom is 0.416 e. The molecule has 106 valence electrons. The molecule has 0 aliphatic heterocycles. The Kier molecular flexibility index (Phi) is 4.17. The zero-order valence-corrected chi connectivity index (χ0v) is 10.8. The van der Waals surface area contributed by atoms with Crippen LogP contribution in [0.25, 0.3) is 0 Å². The van der Waals surface area contributed by atoms with E-state index in [-0.39, 0.29) is 11.6 Å². The molecule has 0 radical (unpaired) electrons. The highest BCUT2D eigenvalue weighted by Gasteiger charge is 2.31. The average Bonchev–Trinajstić information content (AvgIpc) is 2.88. The molecule has 0 unspecified atom stereocenters. The van der Waals surface area contributed by atoms with E-state index in [1.54, 1.807) is 7.05 Å². The standard InChI is InChI=1S/C13H18F3N3/c1-17-11-6-10(13(14,15)16)7-12(19-11)18-8-9-4-2-3-5-9/h6-7,9H,2-5,8H2,1H3,(H2,17,18,19). The van der Waals surface area contributed by atoms with E-state index in [9.17, 15) is 13.2 Å². The first-order chi connectivity index (χ1) is 8.99. The van der Waals surface area contributed by atoms with E-state index in [0.717, 1.165) is 25.0 Å². The van der Waals surface area contributed by atoms with Gasteiger partial charge < -0.3 is 10.6 Å². The van der Waals surface area contributed by atoms with Gasteiger partial charge in [-0.15, -0.1) is 0 Å². The van der Waals surface area contributed by atoms with Gasteiger partial charge >= 0.3 is 6.18 Å². The van der Waals surface area contributed by atoms with Crippen molar-refractivity contribution in [2.45, 2.75) is 31.9 Å². The van der Waals surface area contributed by atoms with E-state index in [4.69, 9.17) is 0 Å². The molecule has 0 aromatic carbocycles. The van der Waals surface area contributed by atoms with Gasteiger partial charge in [-0.3, -0.25) is 0 Å². The summed E-state index contributed by atoms with van der Waals surface area (Å²) in [6.07, 6.45) is 0.363. The summed E-state index contributed by atoms with van der Waals surface area (Å²) >= 11 is 0. The Morgan fingerprint density at radius 2 is 1.84 bits per heavy atom. The van der Waals surface area contributed by atoms with Crippen LogP contribution in [0.1, 0.15) is 31.2 Å². The quantitative estimate of drug-likeness (QED) is 0.877. The summed E-state index contributed by atoms with van der Waals surface area (Å²) in [4.78, 5) is 4.10. The Labute approximate surface area is 110 Å². The summed E-state index contributed by atoms with van der Waals surface area (Å²) < 4.78 is 38.2. The Morgan fingerprint density at radius 1 is 1.21 bits per heavy atom. The topological polar surface area (TPSA) is 37.0 Å². The van der Waals surface area contributed by atoms with Crippen LogP contribution in [-0.4, -0.2) is 18.6 Å². The number of halogens is 3. The number of alkyl halides is 3. The molecule has 0 amide bonds. The minimum atomic E-state index is -4.35. The summed E-state index contributed by atoms with van der Waals surface area (Å²) in [5.74, 6) is 1.06. The summed E-state index contributed by atoms with van der Waals surface area (Å²) in [7, 11) is 1.56. The maximum absolute atomic E-state index is 12.7. The van der Waals surface area contributed by atoms with Gasteiger partial charge in [0.05, 0.1) is 5.56 Å². The van der Waals surface area contributed by atoms with Crippen LogP contribution in [0.3, 0.4) is 0 Å². The van der Waals surface area contributed by atoms with Crippen molar-refractivity contribution in [2.75, 3.05) is 24.2 Å². The number of rotatable bonds is 4. The molecule has 1 aliphatic rings. The fourth-order valence-electron chi connectivity index (χ4n) is 2.38. The van der Waals surface area contributed by atoms with Crippen LogP contribution in [0.15, 0.2) is 12.1 Å². The summed E-state index contributed by atoms with van der Waals surface area (Å²) in [6, 6.07) is 2.08. The minimum absolute atomic E-state index is 0.226. The molecule has 1 heterocycles. The number of aromatic nitrogens is 1. The third-order valence-electron chi connectivity index (χ3n) is 3.46. The third kappa shape index (κ3) is 3.75. The number of hydrogen-bond acceptors (Lipinski definition) is 3. The first-order valence-corrected chi connectivity index (χ1v) is 6.50. The highest BCUT2D eigenvalue weighted by Crippen LogP contribution is 2.32. The highest BCUT2D eigenvalue weighted by atomic mass is 19.4. The van der Waals surface area contributed by atoms with E-state index in [1.165, 1.54) is 12.8 Å². The van der Waals surface area contributed by atoms with Gasteiger partial charge in [0.1, 0.15) is 11.6 Å². The van der Waals surface area contributed by atoms with Crippen LogP contribution in [0.2, 0.25) is 0 Å². The zero-order valence-electron chi connectivity index (χ0n) is 10.8. The molecule has 2 N–H and O–H groups in total. The van der Waals surface area contributed by atoms with Crippen LogP contribution < -0.4 is 10.6 Å². The van der Waals surface area contributed by atoms with Crippen molar-refractivity contribution < 1.29 is 13.2 Å². The molecule has 0 atom stereocenters. The van der Waals surface area contributed by atoms with Gasteiger partial charge in [0, 0.05) is 13.6 Å². The van der Waals surface area contributed by atoms with Crippen molar-refractivity contribution in [2.24, 2.45) is 5.92 Å². The van der Waals surface area contributed by atoms with Gasteiger partial charge in [0.15, 0.2) is 0 Å². The predicted molar refractivity (Wildman–Crippen MR) is 69.2 cm³/mol. The van der Waals surface area contributed by atoms with Crippen molar-refractivity contribution in [1.82, 2.24) is 4.98 Å². The van der Waals surface area contributed by atoms with Crippen LogP contribution in [0.5, 0.6) is 0 Å². The second-order valence-corrected chi connectivity index (χ2v) is 4.91. The van der Waals surface area contributed by atoms with Crippen molar-refractivity contribution in [3.8, 4) is 0 Å². The first kappa shape index (κ1) is 14.0. The largest absolute Gasteiger partial charge is 0.416 e. The van der Waals surface area contributed by atoms with E-state index in [0.29, 0.717) is 12.5 Å². The zero-order chi connectivity index (χ0) is 13.9. The van der Waals surface area contributed by atoms with Gasteiger partial charge in [-0.2, -0.15) is 13.2 Å². The van der Waals surface area contributed by atoms with Crippen LogP contribution in [-0.2, 0) is 6.18 Å². The number of nitrogens with zero attached hydrogens (tertiary/aromatic N) is 1. The number of hydrogen-bond donors (Lipinski definition) is 2. The average molecular weight is 273 g/mol. The van der Waals surface area contributed by atoms with Gasteiger partial charge in [0.25, 0.3) is 0 Å². The molecule has 1 aliphatic carbocycles. The monoisotopic (exact) mass is 273 g/mol. The third-order valence-corrected chi connectivity index (χ3v) is 3.46. The molecule has 1 fully saturated rings. The van der Waals surface area contributed by atoms with Crippen molar-refractivity contribution in [3.63, 3.8) is 0 Å². The molecule has 19 heavy (non-hydrogen) atoms. The molecule has 0 saturated heterocycles. The van der Waals surface area contributed by atoms with Crippen molar-refractivity contribution in [3.05, 3.63) is 17.7 Å². The SMILES string of the molecule is CNc1cc(C(F)(F)F)cc(NCC2CCCC2)n1. The Bertz CT molecular complexity index is 426. The van der Waals surface area contributed by atoms with Crippen molar-refractivity contribution >= 4 is 11.6 Å². The lowest BCUT2D eigenvalue weighted by molar-refractivity contribution is -0.137. The van der Waals surface area contributed by atoms with Gasteiger partial charge in [-0.25, -0.2) is 4.98 Å². The maximum atomic E-state index is 12.7. The second-order valence-electron chi connectivity index (χ2n) is 4.91. The molecule has 1 aromatic rings. The number of pyridine rings is 1. The smallest absolute Gasteiger partial charge is 0.373 e. The van der Waals surface area contributed by atoms with Crippen LogP contribution >= 0.6 is 0 Å². The van der Waals surface area contributed by atoms with E-state index in [2.05, 4.69) is 15.6 Å². The van der Waals surface area contributed by atoms with Crippen LogP contribution in [0.4, 0.5) is 24.8 Å². The first-order valence-electron chi connectivity index (χ1n) is 6.50. The normalized spacial score (nSPS) is 16.6. The molecule has 1 saturated carbocycles. The van der Waals surface area contributed by atoms with Gasteiger partial charge in [-0.05, 0) is 30.9 Å². The highest BCUT2D eigenvalue weighted by molar-refractivity contribution is 5.49. The molecular formula is C13H18F3N3. The molecule has 1 aromatic heterocycles. The molecule has 2 rings (SSSR count). The summed E-state index contributed by atoms with van der Waals surface area (Å²) in [6.45, 7) is 0.692. The predicted octanol–water partition coefficient (Wildman–Crippen LogP) is 3.74. The van der Waals surface area contributed by atoms with Gasteiger partial charge in [-0.1, -0.05) is 12.8 Å². The fourth-order valence-corrected chi connectivity index (χ4v) is 2.38. The van der Waals surface area contributed by atoms with E-state index in [1.807, 2.05) is 0 Å². The lowest BCUT2D eigenvalue weighted by atomic mass is 10.1. The number of anilines is 2. The Hall–Kier alpha value is -1.46. The molecule has 3 nitrogen and oxygen atoms in total.